The van der Waals surface area contributed by atoms with Crippen molar-refractivity contribution < 1.29 is 0 Å². The van der Waals surface area contributed by atoms with E-state index in [9.17, 15) is 0 Å². The van der Waals surface area contributed by atoms with Gasteiger partial charge in [0.15, 0.2) is 0 Å². The molecule has 2 aromatic carbocycles. The zero-order valence-electron chi connectivity index (χ0n) is 10.3. The maximum atomic E-state index is 5.68. The quantitative estimate of drug-likeness (QED) is 0.607. The van der Waals surface area contributed by atoms with Crippen molar-refractivity contribution >= 4 is 22.7 Å². The standard InChI is InChI=1S/C15H13N3S/c16-8-9-18-11-5-3-7-13-14(11)15(17-18)10-4-1-2-6-12(10)19-13/h1-7H,8-9,16H2. The molecule has 1 aliphatic rings. The average molecular weight is 267 g/mol. The predicted molar refractivity (Wildman–Crippen MR) is 78.3 cm³/mol. The third-order valence-electron chi connectivity index (χ3n) is 3.44. The molecule has 1 aliphatic heterocycles. The molecule has 1 aromatic heterocycles. The van der Waals surface area contributed by atoms with E-state index in [0.29, 0.717) is 6.54 Å². The Bertz CT molecular complexity index is 776. The Kier molecular flexibility index (Phi) is 2.40. The minimum Gasteiger partial charge on any atom is -0.329 e. The summed E-state index contributed by atoms with van der Waals surface area (Å²) in [6, 6.07) is 14.8. The number of benzene rings is 2. The van der Waals surface area contributed by atoms with Crippen LogP contribution in [0.25, 0.3) is 22.2 Å². The normalized spacial score (nSPS) is 12.7. The zero-order chi connectivity index (χ0) is 12.8. The first-order valence-corrected chi connectivity index (χ1v) is 7.17. The lowest BCUT2D eigenvalue weighted by molar-refractivity contribution is 0.648. The molecule has 0 atom stereocenters. The second kappa shape index (κ2) is 4.11. The number of fused-ring (bicyclic) bond motifs is 2. The Morgan fingerprint density at radius 1 is 1.05 bits per heavy atom. The lowest BCUT2D eigenvalue weighted by Gasteiger charge is -2.14. The van der Waals surface area contributed by atoms with Gasteiger partial charge in [-0.15, -0.1) is 0 Å². The minimum absolute atomic E-state index is 0.606. The highest BCUT2D eigenvalue weighted by atomic mass is 32.2. The Morgan fingerprint density at radius 2 is 1.89 bits per heavy atom. The molecule has 0 amide bonds. The molecule has 19 heavy (non-hydrogen) atoms. The van der Waals surface area contributed by atoms with Gasteiger partial charge in [0.05, 0.1) is 12.1 Å². The Balaban J connectivity index is 2.09. The van der Waals surface area contributed by atoms with Crippen molar-refractivity contribution in [2.45, 2.75) is 16.3 Å². The second-order valence-corrected chi connectivity index (χ2v) is 5.69. The summed E-state index contributed by atoms with van der Waals surface area (Å²) in [5.41, 5.74) is 9.18. The highest BCUT2D eigenvalue weighted by Gasteiger charge is 2.22. The fourth-order valence-electron chi connectivity index (χ4n) is 2.63. The van der Waals surface area contributed by atoms with Crippen molar-refractivity contribution in [2.75, 3.05) is 6.54 Å². The van der Waals surface area contributed by atoms with Crippen LogP contribution in [0.3, 0.4) is 0 Å². The van der Waals surface area contributed by atoms with E-state index in [0.717, 1.165) is 12.2 Å². The van der Waals surface area contributed by atoms with E-state index < -0.39 is 0 Å². The van der Waals surface area contributed by atoms with Crippen LogP contribution in [0.15, 0.2) is 52.3 Å². The molecule has 0 unspecified atom stereocenters. The summed E-state index contributed by atoms with van der Waals surface area (Å²) in [7, 11) is 0. The molecule has 0 bridgehead atoms. The molecule has 0 aliphatic carbocycles. The highest BCUT2D eigenvalue weighted by Crippen LogP contribution is 2.47. The number of rotatable bonds is 2. The van der Waals surface area contributed by atoms with Crippen LogP contribution < -0.4 is 5.73 Å². The van der Waals surface area contributed by atoms with Crippen molar-refractivity contribution in [3.8, 4) is 11.3 Å². The minimum atomic E-state index is 0.606. The van der Waals surface area contributed by atoms with E-state index in [1.165, 1.54) is 26.3 Å². The van der Waals surface area contributed by atoms with Gasteiger partial charge < -0.3 is 5.73 Å². The van der Waals surface area contributed by atoms with Gasteiger partial charge in [-0.05, 0) is 18.2 Å². The molecule has 2 N–H and O–H groups in total. The van der Waals surface area contributed by atoms with Crippen molar-refractivity contribution in [1.29, 1.82) is 0 Å². The van der Waals surface area contributed by atoms with Crippen LogP contribution in [0.5, 0.6) is 0 Å². The first-order chi connectivity index (χ1) is 9.38. The largest absolute Gasteiger partial charge is 0.329 e. The van der Waals surface area contributed by atoms with E-state index in [2.05, 4.69) is 42.5 Å². The third kappa shape index (κ3) is 1.54. The van der Waals surface area contributed by atoms with Gasteiger partial charge in [0.2, 0.25) is 0 Å². The summed E-state index contributed by atoms with van der Waals surface area (Å²) in [6.45, 7) is 1.36. The fraction of sp³-hybridized carbons (Fsp3) is 0.133. The van der Waals surface area contributed by atoms with Gasteiger partial charge in [0.1, 0.15) is 5.69 Å². The van der Waals surface area contributed by atoms with Crippen molar-refractivity contribution in [2.24, 2.45) is 5.73 Å². The van der Waals surface area contributed by atoms with Crippen LogP contribution in [-0.2, 0) is 6.54 Å². The van der Waals surface area contributed by atoms with Crippen molar-refractivity contribution in [3.05, 3.63) is 42.5 Å². The molecule has 0 radical (unpaired) electrons. The molecule has 94 valence electrons. The number of nitrogens with two attached hydrogens (primary N) is 1. The van der Waals surface area contributed by atoms with Gasteiger partial charge in [-0.25, -0.2) is 0 Å². The van der Waals surface area contributed by atoms with E-state index in [1.54, 1.807) is 0 Å². The SMILES string of the molecule is NCCn1nc2c3c(cccc31)Sc1ccccc1-2. The zero-order valence-corrected chi connectivity index (χ0v) is 11.2. The van der Waals surface area contributed by atoms with E-state index in [4.69, 9.17) is 10.8 Å². The topological polar surface area (TPSA) is 43.8 Å². The molecular formula is C15H13N3S. The van der Waals surface area contributed by atoms with Crippen LogP contribution in [0, 0.1) is 0 Å². The van der Waals surface area contributed by atoms with Gasteiger partial charge in [0, 0.05) is 27.3 Å². The summed E-state index contributed by atoms with van der Waals surface area (Å²) in [4.78, 5) is 2.56. The fourth-order valence-corrected chi connectivity index (χ4v) is 3.74. The summed E-state index contributed by atoms with van der Waals surface area (Å²) in [6.07, 6.45) is 0. The summed E-state index contributed by atoms with van der Waals surface area (Å²) >= 11 is 1.82. The highest BCUT2D eigenvalue weighted by molar-refractivity contribution is 7.99. The molecule has 0 spiro atoms. The van der Waals surface area contributed by atoms with E-state index >= 15 is 0 Å². The molecule has 0 fully saturated rings. The number of nitrogens with zero attached hydrogens (tertiary/aromatic N) is 2. The monoisotopic (exact) mass is 267 g/mol. The summed E-state index contributed by atoms with van der Waals surface area (Å²) < 4.78 is 2.02. The first kappa shape index (κ1) is 11.1. The Morgan fingerprint density at radius 3 is 2.79 bits per heavy atom. The summed E-state index contributed by atoms with van der Waals surface area (Å²) in [5, 5.41) is 6.04. The van der Waals surface area contributed by atoms with Gasteiger partial charge >= 0.3 is 0 Å². The van der Waals surface area contributed by atoms with Gasteiger partial charge in [-0.2, -0.15) is 5.10 Å². The predicted octanol–water partition coefficient (Wildman–Crippen LogP) is 3.13. The Hall–Kier alpha value is -1.78. The molecule has 4 rings (SSSR count). The van der Waals surface area contributed by atoms with Crippen LogP contribution in [0.4, 0.5) is 0 Å². The van der Waals surface area contributed by atoms with Crippen LogP contribution >= 0.6 is 11.8 Å². The molecule has 3 nitrogen and oxygen atoms in total. The van der Waals surface area contributed by atoms with Gasteiger partial charge in [0.25, 0.3) is 0 Å². The van der Waals surface area contributed by atoms with Crippen LogP contribution in [-0.4, -0.2) is 16.3 Å². The third-order valence-corrected chi connectivity index (χ3v) is 4.58. The average Bonchev–Trinajstić information content (AvgIpc) is 2.81. The molecule has 3 aromatic rings. The van der Waals surface area contributed by atoms with Crippen LogP contribution in [0.1, 0.15) is 0 Å². The Labute approximate surface area is 115 Å². The number of aromatic nitrogens is 2. The smallest absolute Gasteiger partial charge is 0.102 e. The second-order valence-electron chi connectivity index (χ2n) is 4.61. The molecule has 0 saturated heterocycles. The maximum absolute atomic E-state index is 5.68. The molecule has 4 heteroatoms. The molecule has 2 heterocycles. The number of hydrogen-bond acceptors (Lipinski definition) is 3. The molecular weight excluding hydrogens is 254 g/mol. The van der Waals surface area contributed by atoms with Gasteiger partial charge in [-0.3, -0.25) is 4.68 Å². The van der Waals surface area contributed by atoms with E-state index in [1.807, 2.05) is 16.4 Å². The first-order valence-electron chi connectivity index (χ1n) is 6.35. The van der Waals surface area contributed by atoms with Crippen LogP contribution in [0.2, 0.25) is 0 Å². The van der Waals surface area contributed by atoms with Crippen molar-refractivity contribution in [1.82, 2.24) is 9.78 Å². The number of hydrogen-bond donors (Lipinski definition) is 1. The van der Waals surface area contributed by atoms with Crippen molar-refractivity contribution in [3.63, 3.8) is 0 Å². The lowest BCUT2D eigenvalue weighted by Crippen LogP contribution is -2.10. The lowest BCUT2D eigenvalue weighted by atomic mass is 10.1. The summed E-state index contributed by atoms with van der Waals surface area (Å²) in [5.74, 6) is 0. The molecule has 0 saturated carbocycles. The van der Waals surface area contributed by atoms with E-state index in [-0.39, 0.29) is 0 Å². The maximum Gasteiger partial charge on any atom is 0.102 e. The van der Waals surface area contributed by atoms with Gasteiger partial charge in [-0.1, -0.05) is 36.0 Å².